The highest BCUT2D eigenvalue weighted by Gasteiger charge is 2.17. The van der Waals surface area contributed by atoms with E-state index in [1.165, 1.54) is 38.4 Å². The summed E-state index contributed by atoms with van der Waals surface area (Å²) in [6.45, 7) is 2.44. The molecule has 146 valence electrons. The molecule has 0 aliphatic rings. The van der Waals surface area contributed by atoms with E-state index in [2.05, 4.69) is 12.2 Å². The number of nitrogens with zero attached hydrogens (tertiary/aromatic N) is 1. The van der Waals surface area contributed by atoms with Crippen molar-refractivity contribution in [3.63, 3.8) is 0 Å². The van der Waals surface area contributed by atoms with Crippen molar-refractivity contribution in [1.29, 1.82) is 0 Å². The Morgan fingerprint density at radius 3 is 2.31 bits per heavy atom. The van der Waals surface area contributed by atoms with Gasteiger partial charge in [-0.1, -0.05) is 26.2 Å². The number of esters is 1. The fourth-order valence-corrected chi connectivity index (χ4v) is 3.09. The van der Waals surface area contributed by atoms with Crippen molar-refractivity contribution in [2.45, 2.75) is 43.9 Å². The van der Waals surface area contributed by atoms with Crippen LogP contribution in [0.3, 0.4) is 0 Å². The largest absolute Gasteiger partial charge is 0.460 e. The number of amides is 1. The minimum absolute atomic E-state index is 0.0459. The fourth-order valence-electron chi connectivity index (χ4n) is 2.19. The molecule has 26 heavy (non-hydrogen) atoms. The van der Waals surface area contributed by atoms with Crippen molar-refractivity contribution in [1.82, 2.24) is 9.62 Å². The summed E-state index contributed by atoms with van der Waals surface area (Å²) in [6.07, 6.45) is 4.63. The van der Waals surface area contributed by atoms with Crippen molar-refractivity contribution in [2.75, 3.05) is 27.2 Å². The van der Waals surface area contributed by atoms with Gasteiger partial charge in [-0.3, -0.25) is 4.79 Å². The van der Waals surface area contributed by atoms with Crippen LogP contribution in [0.5, 0.6) is 0 Å². The number of rotatable bonds is 11. The second kappa shape index (κ2) is 10.9. The topological polar surface area (TPSA) is 92.8 Å². The number of hydrogen-bond acceptors (Lipinski definition) is 5. The number of carbonyl (C=O) groups is 2. The molecule has 1 aromatic rings. The second-order valence-corrected chi connectivity index (χ2v) is 8.26. The van der Waals surface area contributed by atoms with Gasteiger partial charge < -0.3 is 10.1 Å². The summed E-state index contributed by atoms with van der Waals surface area (Å²) >= 11 is 0. The van der Waals surface area contributed by atoms with Crippen LogP contribution in [0.1, 0.15) is 49.4 Å². The summed E-state index contributed by atoms with van der Waals surface area (Å²) < 4.78 is 30.1. The molecule has 0 spiro atoms. The SMILES string of the molecule is CCCCCCC(=O)NCCOC(=O)c1ccc(S(=O)(=O)N(C)C)cc1. The lowest BCUT2D eigenvalue weighted by Crippen LogP contribution is -2.27. The molecule has 0 unspecified atom stereocenters. The molecule has 8 heteroatoms. The van der Waals surface area contributed by atoms with Gasteiger partial charge in [-0.05, 0) is 30.7 Å². The lowest BCUT2D eigenvalue weighted by atomic mass is 10.1. The zero-order valence-electron chi connectivity index (χ0n) is 15.7. The monoisotopic (exact) mass is 384 g/mol. The Morgan fingerprint density at radius 1 is 1.08 bits per heavy atom. The maximum atomic E-state index is 12.0. The summed E-state index contributed by atoms with van der Waals surface area (Å²) in [5.74, 6) is -0.605. The van der Waals surface area contributed by atoms with Crippen LogP contribution in [0.4, 0.5) is 0 Å². The number of hydrogen-bond donors (Lipinski definition) is 1. The predicted octanol–water partition coefficient (Wildman–Crippen LogP) is 2.18. The van der Waals surface area contributed by atoms with Crippen LogP contribution in [-0.2, 0) is 19.6 Å². The third kappa shape index (κ3) is 7.13. The maximum Gasteiger partial charge on any atom is 0.338 e. The quantitative estimate of drug-likeness (QED) is 0.466. The Kier molecular flexibility index (Phi) is 9.29. The van der Waals surface area contributed by atoms with E-state index in [4.69, 9.17) is 4.74 Å². The fraction of sp³-hybridized carbons (Fsp3) is 0.556. The normalized spacial score (nSPS) is 11.4. The van der Waals surface area contributed by atoms with Gasteiger partial charge in [0.15, 0.2) is 0 Å². The highest BCUT2D eigenvalue weighted by atomic mass is 32.2. The Balaban J connectivity index is 2.37. The smallest absolute Gasteiger partial charge is 0.338 e. The van der Waals surface area contributed by atoms with Crippen molar-refractivity contribution in [3.05, 3.63) is 29.8 Å². The van der Waals surface area contributed by atoms with Gasteiger partial charge in [0.2, 0.25) is 15.9 Å². The molecule has 0 radical (unpaired) electrons. The molecule has 1 aromatic carbocycles. The van der Waals surface area contributed by atoms with Crippen LogP contribution in [-0.4, -0.2) is 51.8 Å². The first-order valence-corrected chi connectivity index (χ1v) is 10.2. The lowest BCUT2D eigenvalue weighted by Gasteiger charge is -2.11. The van der Waals surface area contributed by atoms with E-state index in [0.717, 1.165) is 30.0 Å². The average molecular weight is 384 g/mol. The first-order chi connectivity index (χ1) is 12.3. The van der Waals surface area contributed by atoms with E-state index >= 15 is 0 Å². The standard InChI is InChI=1S/C18H28N2O5S/c1-4-5-6-7-8-17(21)19-13-14-25-18(22)15-9-11-16(12-10-15)26(23,24)20(2)3/h9-12H,4-8,13-14H2,1-3H3,(H,19,21). The van der Waals surface area contributed by atoms with Gasteiger partial charge in [0.1, 0.15) is 6.61 Å². The van der Waals surface area contributed by atoms with E-state index in [1.54, 1.807) is 0 Å². The molecule has 0 saturated carbocycles. The first-order valence-electron chi connectivity index (χ1n) is 8.75. The molecule has 1 amide bonds. The van der Waals surface area contributed by atoms with Gasteiger partial charge in [-0.15, -0.1) is 0 Å². The number of benzene rings is 1. The molecule has 0 aliphatic carbocycles. The summed E-state index contributed by atoms with van der Waals surface area (Å²) in [5.41, 5.74) is 0.258. The third-order valence-electron chi connectivity index (χ3n) is 3.78. The Labute approximate surface area is 155 Å². The minimum atomic E-state index is -3.53. The van der Waals surface area contributed by atoms with Gasteiger partial charge in [-0.25, -0.2) is 17.5 Å². The first kappa shape index (κ1) is 22.1. The van der Waals surface area contributed by atoms with Gasteiger partial charge in [0.05, 0.1) is 17.0 Å². The summed E-state index contributed by atoms with van der Waals surface area (Å²) in [6, 6.07) is 5.55. The number of ether oxygens (including phenoxy) is 1. The van der Waals surface area contributed by atoms with Crippen LogP contribution >= 0.6 is 0 Å². The number of unbranched alkanes of at least 4 members (excludes halogenated alkanes) is 3. The molecular weight excluding hydrogens is 356 g/mol. The highest BCUT2D eigenvalue weighted by Crippen LogP contribution is 2.14. The van der Waals surface area contributed by atoms with Crippen molar-refractivity contribution < 1.29 is 22.7 Å². The zero-order chi connectivity index (χ0) is 19.6. The summed E-state index contributed by atoms with van der Waals surface area (Å²) in [5, 5.41) is 2.71. The lowest BCUT2D eigenvalue weighted by molar-refractivity contribution is -0.121. The van der Waals surface area contributed by atoms with Gasteiger partial charge >= 0.3 is 5.97 Å². The molecule has 7 nitrogen and oxygen atoms in total. The molecule has 1 rings (SSSR count). The zero-order valence-corrected chi connectivity index (χ0v) is 16.5. The van der Waals surface area contributed by atoms with Crippen LogP contribution in [0.2, 0.25) is 0 Å². The molecule has 0 heterocycles. The van der Waals surface area contributed by atoms with E-state index in [1.807, 2.05) is 0 Å². The molecule has 0 aromatic heterocycles. The van der Waals surface area contributed by atoms with E-state index in [0.29, 0.717) is 6.42 Å². The van der Waals surface area contributed by atoms with Crippen LogP contribution in [0.25, 0.3) is 0 Å². The number of nitrogens with one attached hydrogen (secondary N) is 1. The van der Waals surface area contributed by atoms with Crippen molar-refractivity contribution in [3.8, 4) is 0 Å². The number of carbonyl (C=O) groups excluding carboxylic acids is 2. The van der Waals surface area contributed by atoms with Gasteiger partial charge in [0.25, 0.3) is 0 Å². The Hall–Kier alpha value is -1.93. The molecular formula is C18H28N2O5S. The van der Waals surface area contributed by atoms with Crippen molar-refractivity contribution in [2.24, 2.45) is 0 Å². The van der Waals surface area contributed by atoms with E-state index in [-0.39, 0.29) is 29.5 Å². The van der Waals surface area contributed by atoms with Crippen LogP contribution < -0.4 is 5.32 Å². The van der Waals surface area contributed by atoms with E-state index < -0.39 is 16.0 Å². The molecule has 0 saturated heterocycles. The second-order valence-electron chi connectivity index (χ2n) is 6.11. The molecule has 1 N–H and O–H groups in total. The molecule has 0 aliphatic heterocycles. The predicted molar refractivity (Wildman–Crippen MR) is 99.4 cm³/mol. The van der Waals surface area contributed by atoms with Gasteiger partial charge in [0, 0.05) is 20.5 Å². The van der Waals surface area contributed by atoms with E-state index in [9.17, 15) is 18.0 Å². The molecule has 0 atom stereocenters. The van der Waals surface area contributed by atoms with Crippen LogP contribution in [0, 0.1) is 0 Å². The third-order valence-corrected chi connectivity index (χ3v) is 5.61. The number of sulfonamides is 1. The molecule has 0 fully saturated rings. The Bertz CT molecular complexity index is 684. The molecule has 0 bridgehead atoms. The Morgan fingerprint density at radius 2 is 1.73 bits per heavy atom. The highest BCUT2D eigenvalue weighted by molar-refractivity contribution is 7.89. The average Bonchev–Trinajstić information content (AvgIpc) is 2.62. The maximum absolute atomic E-state index is 12.0. The minimum Gasteiger partial charge on any atom is -0.460 e. The van der Waals surface area contributed by atoms with Crippen molar-refractivity contribution >= 4 is 21.9 Å². The summed E-state index contributed by atoms with van der Waals surface area (Å²) in [4.78, 5) is 23.6. The van der Waals surface area contributed by atoms with Gasteiger partial charge in [-0.2, -0.15) is 0 Å². The van der Waals surface area contributed by atoms with Crippen LogP contribution in [0.15, 0.2) is 29.2 Å². The summed E-state index contributed by atoms with van der Waals surface area (Å²) in [7, 11) is -0.647.